The zero-order valence-corrected chi connectivity index (χ0v) is 15.9. The molecule has 1 N–H and O–H groups in total. The molecule has 2 aromatic carbocycles. The molecule has 0 atom stereocenters. The van der Waals surface area contributed by atoms with Gasteiger partial charge < -0.3 is 5.32 Å². The van der Waals surface area contributed by atoms with Crippen LogP contribution in [0, 0.1) is 12.7 Å². The van der Waals surface area contributed by atoms with Crippen LogP contribution >= 0.6 is 0 Å². The van der Waals surface area contributed by atoms with Crippen LogP contribution < -0.4 is 5.32 Å². The van der Waals surface area contributed by atoms with Crippen molar-refractivity contribution < 1.29 is 9.18 Å². The van der Waals surface area contributed by atoms with Crippen molar-refractivity contribution in [2.45, 2.75) is 26.8 Å². The number of aromatic nitrogens is 3. The number of carbonyl (C=O) groups excluding carboxylic acids is 1. The van der Waals surface area contributed by atoms with Crippen molar-refractivity contribution in [1.29, 1.82) is 0 Å². The van der Waals surface area contributed by atoms with E-state index in [0.717, 1.165) is 37.3 Å². The highest BCUT2D eigenvalue weighted by molar-refractivity contribution is 6.03. The highest BCUT2D eigenvalue weighted by Gasteiger charge is 2.20. The third-order valence-electron chi connectivity index (χ3n) is 5.17. The summed E-state index contributed by atoms with van der Waals surface area (Å²) in [6, 6.07) is 10.4. The third-order valence-corrected chi connectivity index (χ3v) is 5.17. The van der Waals surface area contributed by atoms with Gasteiger partial charge in [0.2, 0.25) is 0 Å². The summed E-state index contributed by atoms with van der Waals surface area (Å²) in [5.41, 5.74) is 4.87. The highest BCUT2D eigenvalue weighted by atomic mass is 19.1. The van der Waals surface area contributed by atoms with Crippen LogP contribution in [0.2, 0.25) is 0 Å². The van der Waals surface area contributed by atoms with Crippen LogP contribution in [0.25, 0.3) is 5.69 Å². The van der Waals surface area contributed by atoms with Crippen molar-refractivity contribution >= 4 is 11.6 Å². The van der Waals surface area contributed by atoms with Gasteiger partial charge >= 0.3 is 0 Å². The van der Waals surface area contributed by atoms with Crippen molar-refractivity contribution in [3.05, 3.63) is 70.8 Å². The Hall–Kier alpha value is -3.06. The maximum absolute atomic E-state index is 13.3. The molecule has 6 nitrogen and oxygen atoms in total. The van der Waals surface area contributed by atoms with Crippen molar-refractivity contribution in [3.63, 3.8) is 0 Å². The zero-order chi connectivity index (χ0) is 19.7. The molecular weight excluding hydrogens is 357 g/mol. The van der Waals surface area contributed by atoms with Crippen LogP contribution in [0.1, 0.15) is 34.1 Å². The second-order valence-electron chi connectivity index (χ2n) is 7.00. The largest absolute Gasteiger partial charge is 0.320 e. The first-order valence-corrected chi connectivity index (χ1v) is 9.38. The molecule has 144 valence electrons. The summed E-state index contributed by atoms with van der Waals surface area (Å²) in [6.45, 7) is 6.84. The quantitative estimate of drug-likeness (QED) is 0.755. The summed E-state index contributed by atoms with van der Waals surface area (Å²) < 4.78 is 14.8. The van der Waals surface area contributed by atoms with Gasteiger partial charge in [-0.3, -0.25) is 9.69 Å². The molecule has 1 aliphatic heterocycles. The Balaban J connectivity index is 1.55. The fraction of sp³-hybridized carbons (Fsp3) is 0.286. The normalized spacial score (nSPS) is 14.0. The van der Waals surface area contributed by atoms with Gasteiger partial charge in [-0.2, -0.15) is 0 Å². The van der Waals surface area contributed by atoms with Gasteiger partial charge in [-0.15, -0.1) is 5.10 Å². The molecule has 1 amide bonds. The molecule has 0 spiro atoms. The number of halogens is 1. The lowest BCUT2D eigenvalue weighted by molar-refractivity contribution is 0.102. The summed E-state index contributed by atoms with van der Waals surface area (Å²) >= 11 is 0. The summed E-state index contributed by atoms with van der Waals surface area (Å²) in [5.74, 6) is -0.618. The van der Waals surface area contributed by atoms with Crippen molar-refractivity contribution in [3.8, 4) is 5.69 Å². The number of nitrogens with one attached hydrogen (secondary N) is 1. The van der Waals surface area contributed by atoms with Crippen molar-refractivity contribution in [2.75, 3.05) is 18.4 Å². The number of amides is 1. The van der Waals surface area contributed by atoms with E-state index in [0.29, 0.717) is 5.69 Å². The van der Waals surface area contributed by atoms with Gasteiger partial charge in [-0.25, -0.2) is 9.07 Å². The van der Waals surface area contributed by atoms with E-state index in [-0.39, 0.29) is 17.4 Å². The maximum Gasteiger partial charge on any atom is 0.277 e. The van der Waals surface area contributed by atoms with E-state index < -0.39 is 0 Å². The summed E-state index contributed by atoms with van der Waals surface area (Å²) in [4.78, 5) is 15.1. The van der Waals surface area contributed by atoms with E-state index in [1.807, 2.05) is 12.1 Å². The molecule has 28 heavy (non-hydrogen) atoms. The SMILES string of the molecule is CCN1CCc2c(cccc2NC(=O)c2cn(-c3ccc(F)cc3C)nn2)C1. The standard InChI is InChI=1S/C21H22FN5O/c1-3-26-10-9-17-15(12-26)5-4-6-18(17)23-21(28)19-13-27(25-24-19)20-8-7-16(22)11-14(20)2/h4-8,11,13H,3,9-10,12H2,1-2H3,(H,23,28). The lowest BCUT2D eigenvalue weighted by Crippen LogP contribution is -2.31. The minimum absolute atomic E-state index is 0.215. The number of benzene rings is 2. The Morgan fingerprint density at radius 2 is 2.14 bits per heavy atom. The van der Waals surface area contributed by atoms with Crippen LogP contribution in [-0.2, 0) is 13.0 Å². The average Bonchev–Trinajstić information content (AvgIpc) is 3.17. The third kappa shape index (κ3) is 3.53. The Kier molecular flexibility index (Phi) is 4.92. The lowest BCUT2D eigenvalue weighted by atomic mass is 9.97. The number of fused-ring (bicyclic) bond motifs is 1. The fourth-order valence-corrected chi connectivity index (χ4v) is 3.60. The van der Waals surface area contributed by atoms with E-state index in [1.54, 1.807) is 19.2 Å². The number of hydrogen-bond acceptors (Lipinski definition) is 4. The summed E-state index contributed by atoms with van der Waals surface area (Å²) in [6.07, 6.45) is 2.46. The molecule has 0 saturated carbocycles. The minimum atomic E-state index is -0.310. The molecular formula is C21H22FN5O. The average molecular weight is 379 g/mol. The molecule has 1 aliphatic rings. The molecule has 1 aromatic heterocycles. The van der Waals surface area contributed by atoms with Crippen LogP contribution in [0.15, 0.2) is 42.6 Å². The molecule has 7 heteroatoms. The van der Waals surface area contributed by atoms with Gasteiger partial charge in [0.05, 0.1) is 11.9 Å². The smallest absolute Gasteiger partial charge is 0.277 e. The van der Waals surface area contributed by atoms with Crippen LogP contribution in [-0.4, -0.2) is 38.9 Å². The first-order valence-electron chi connectivity index (χ1n) is 9.38. The predicted molar refractivity (Wildman–Crippen MR) is 105 cm³/mol. The fourth-order valence-electron chi connectivity index (χ4n) is 3.60. The Bertz CT molecular complexity index is 1030. The number of anilines is 1. The molecule has 4 rings (SSSR count). The number of carbonyl (C=O) groups is 1. The molecule has 0 radical (unpaired) electrons. The zero-order valence-electron chi connectivity index (χ0n) is 15.9. The molecule has 0 saturated heterocycles. The van der Waals surface area contributed by atoms with Crippen LogP contribution in [0.4, 0.5) is 10.1 Å². The first-order chi connectivity index (χ1) is 13.5. The molecule has 0 unspecified atom stereocenters. The lowest BCUT2D eigenvalue weighted by Gasteiger charge is -2.28. The number of hydrogen-bond donors (Lipinski definition) is 1. The van der Waals surface area contributed by atoms with E-state index in [9.17, 15) is 9.18 Å². The van der Waals surface area contributed by atoms with E-state index >= 15 is 0 Å². The monoisotopic (exact) mass is 379 g/mol. The van der Waals surface area contributed by atoms with Gasteiger partial charge in [0, 0.05) is 18.8 Å². The summed E-state index contributed by atoms with van der Waals surface area (Å²) in [7, 11) is 0. The van der Waals surface area contributed by atoms with E-state index in [2.05, 4.69) is 33.5 Å². The van der Waals surface area contributed by atoms with E-state index in [4.69, 9.17) is 0 Å². The Labute approximate surface area is 163 Å². The van der Waals surface area contributed by atoms with Crippen molar-refractivity contribution in [2.24, 2.45) is 0 Å². The second kappa shape index (κ2) is 7.52. The first kappa shape index (κ1) is 18.3. The number of rotatable bonds is 4. The van der Waals surface area contributed by atoms with Gasteiger partial charge in [-0.1, -0.05) is 24.3 Å². The van der Waals surface area contributed by atoms with Crippen molar-refractivity contribution in [1.82, 2.24) is 19.9 Å². The predicted octanol–water partition coefficient (Wildman–Crippen LogP) is 3.35. The molecule has 0 bridgehead atoms. The van der Waals surface area contributed by atoms with E-state index in [1.165, 1.54) is 27.9 Å². The second-order valence-corrected chi connectivity index (χ2v) is 7.00. The van der Waals surface area contributed by atoms with Gasteiger partial charge in [0.25, 0.3) is 5.91 Å². The van der Waals surface area contributed by atoms with Crippen LogP contribution in [0.5, 0.6) is 0 Å². The van der Waals surface area contributed by atoms with Gasteiger partial charge in [0.15, 0.2) is 5.69 Å². The molecule has 0 aliphatic carbocycles. The topological polar surface area (TPSA) is 63.1 Å². The number of aryl methyl sites for hydroxylation is 1. The van der Waals surface area contributed by atoms with Gasteiger partial charge in [0.1, 0.15) is 5.82 Å². The molecule has 2 heterocycles. The highest BCUT2D eigenvalue weighted by Crippen LogP contribution is 2.26. The minimum Gasteiger partial charge on any atom is -0.320 e. The number of nitrogens with zero attached hydrogens (tertiary/aromatic N) is 4. The Morgan fingerprint density at radius 3 is 2.93 bits per heavy atom. The molecule has 0 fully saturated rings. The van der Waals surface area contributed by atoms with Crippen LogP contribution in [0.3, 0.4) is 0 Å². The maximum atomic E-state index is 13.3. The Morgan fingerprint density at radius 1 is 1.29 bits per heavy atom. The van der Waals surface area contributed by atoms with Gasteiger partial charge in [-0.05, 0) is 60.8 Å². The molecule has 3 aromatic rings. The number of likely N-dealkylation sites (N-methyl/N-ethyl adjacent to an activating group) is 1. The summed E-state index contributed by atoms with van der Waals surface area (Å²) in [5, 5.41) is 11.0.